The van der Waals surface area contributed by atoms with Gasteiger partial charge in [0.2, 0.25) is 0 Å². The van der Waals surface area contributed by atoms with Crippen LogP contribution < -0.4 is 5.73 Å². The fourth-order valence-corrected chi connectivity index (χ4v) is 5.29. The number of aryl methyl sites for hydroxylation is 1. The van der Waals surface area contributed by atoms with Gasteiger partial charge in [0.1, 0.15) is 5.84 Å². The van der Waals surface area contributed by atoms with Gasteiger partial charge in [0.15, 0.2) is 11.5 Å². The maximum absolute atomic E-state index is 6.37. The minimum absolute atomic E-state index is 0.482. The van der Waals surface area contributed by atoms with E-state index in [1.807, 2.05) is 36.1 Å². The van der Waals surface area contributed by atoms with Crippen molar-refractivity contribution in [1.82, 2.24) is 9.88 Å². The number of hydrogen-bond acceptors (Lipinski definition) is 6. The van der Waals surface area contributed by atoms with E-state index >= 15 is 0 Å². The average molecular weight is 456 g/mol. The molecule has 3 aromatic rings. The van der Waals surface area contributed by atoms with E-state index in [2.05, 4.69) is 17.5 Å². The average Bonchev–Trinajstić information content (AvgIpc) is 3.30. The summed E-state index contributed by atoms with van der Waals surface area (Å²) >= 11 is 14.1. The number of fused-ring (bicyclic) bond motifs is 1. The highest BCUT2D eigenvalue weighted by molar-refractivity contribution is 7.09. The van der Waals surface area contributed by atoms with Gasteiger partial charge in [-0.1, -0.05) is 41.4 Å². The van der Waals surface area contributed by atoms with Gasteiger partial charge in [0, 0.05) is 28.5 Å². The van der Waals surface area contributed by atoms with Crippen molar-refractivity contribution < 1.29 is 0 Å². The van der Waals surface area contributed by atoms with E-state index in [1.165, 1.54) is 0 Å². The van der Waals surface area contributed by atoms with E-state index < -0.39 is 5.54 Å². The number of aliphatic imine (C=N–C) groups is 2. The number of benzene rings is 2. The van der Waals surface area contributed by atoms with E-state index in [9.17, 15) is 0 Å². The summed E-state index contributed by atoms with van der Waals surface area (Å²) in [4.78, 5) is 16.6. The molecule has 0 fully saturated rings. The van der Waals surface area contributed by atoms with Gasteiger partial charge in [-0.3, -0.25) is 9.89 Å². The number of amidine groups is 1. The van der Waals surface area contributed by atoms with Crippen molar-refractivity contribution in [3.05, 3.63) is 74.2 Å². The van der Waals surface area contributed by atoms with Gasteiger partial charge in [-0.25, -0.2) is 9.98 Å². The molecule has 0 radical (unpaired) electrons. The van der Waals surface area contributed by atoms with Crippen LogP contribution in [0.25, 0.3) is 11.1 Å². The van der Waals surface area contributed by atoms with Crippen LogP contribution in [0.1, 0.15) is 22.7 Å². The molecule has 1 unspecified atom stereocenters. The molecule has 3 heterocycles. The van der Waals surface area contributed by atoms with Gasteiger partial charge in [0.25, 0.3) is 0 Å². The maximum atomic E-state index is 6.37. The molecule has 5 nitrogen and oxygen atoms in total. The lowest BCUT2D eigenvalue weighted by molar-refractivity contribution is 0.529. The lowest BCUT2D eigenvalue weighted by atomic mass is 9.84. The van der Waals surface area contributed by atoms with Crippen molar-refractivity contribution >= 4 is 46.3 Å². The zero-order chi connectivity index (χ0) is 20.9. The molecule has 0 amide bonds. The van der Waals surface area contributed by atoms with Gasteiger partial charge < -0.3 is 5.73 Å². The number of rotatable bonds is 3. The highest BCUT2D eigenvalue weighted by Gasteiger charge is 2.50. The molecule has 2 aliphatic rings. The maximum Gasteiger partial charge on any atom is 0.198 e. The first-order valence-corrected chi connectivity index (χ1v) is 11.3. The summed E-state index contributed by atoms with van der Waals surface area (Å²) in [6.07, 6.45) is 0.951. The largest absolute Gasteiger partial charge is 0.369 e. The molecule has 152 valence electrons. The summed E-state index contributed by atoms with van der Waals surface area (Å²) in [5, 5.41) is 4.22. The molecule has 0 saturated carbocycles. The molecule has 1 aromatic heterocycles. The Morgan fingerprint density at radius 3 is 2.63 bits per heavy atom. The number of thiazole rings is 1. The van der Waals surface area contributed by atoms with Crippen molar-refractivity contribution in [3.63, 3.8) is 0 Å². The standard InChI is InChI=1S/C22H19Cl2N5S/c1-13-27-19(12-30-13)22(20-26-6-3-7-29(20)21(25)28-22)16-5-2-4-14(8-16)15-9-17(23)11-18(24)10-15/h2,4-5,8-12H,3,6-7H2,1H3,(H2,25,28). The molecular formula is C22H19Cl2N5S. The minimum Gasteiger partial charge on any atom is -0.369 e. The monoisotopic (exact) mass is 455 g/mol. The van der Waals surface area contributed by atoms with Crippen LogP contribution >= 0.6 is 34.5 Å². The molecule has 8 heteroatoms. The minimum atomic E-state index is -0.854. The van der Waals surface area contributed by atoms with Crippen LogP contribution in [-0.2, 0) is 5.54 Å². The van der Waals surface area contributed by atoms with Crippen molar-refractivity contribution in [2.45, 2.75) is 18.9 Å². The number of aromatic nitrogens is 1. The van der Waals surface area contributed by atoms with E-state index in [4.69, 9.17) is 43.9 Å². The van der Waals surface area contributed by atoms with E-state index in [1.54, 1.807) is 17.4 Å². The number of guanidine groups is 1. The Hall–Kier alpha value is -2.41. The Labute approximate surface area is 188 Å². The first kappa shape index (κ1) is 19.5. The fourth-order valence-electron chi connectivity index (χ4n) is 4.11. The van der Waals surface area contributed by atoms with Crippen molar-refractivity contribution in [3.8, 4) is 11.1 Å². The van der Waals surface area contributed by atoms with Crippen LogP contribution in [0.5, 0.6) is 0 Å². The highest BCUT2D eigenvalue weighted by Crippen LogP contribution is 2.42. The second-order valence-electron chi connectivity index (χ2n) is 7.38. The molecule has 2 aromatic carbocycles. The van der Waals surface area contributed by atoms with Gasteiger partial charge in [-0.05, 0) is 54.3 Å². The lowest BCUT2D eigenvalue weighted by Crippen LogP contribution is -2.46. The summed E-state index contributed by atoms with van der Waals surface area (Å²) in [5.41, 5.74) is 9.26. The Morgan fingerprint density at radius 2 is 1.90 bits per heavy atom. The lowest BCUT2D eigenvalue weighted by Gasteiger charge is -2.31. The summed E-state index contributed by atoms with van der Waals surface area (Å²) in [6, 6.07) is 13.8. The Bertz CT molecular complexity index is 1180. The zero-order valence-electron chi connectivity index (χ0n) is 16.3. The molecule has 30 heavy (non-hydrogen) atoms. The zero-order valence-corrected chi connectivity index (χ0v) is 18.6. The van der Waals surface area contributed by atoms with E-state index in [-0.39, 0.29) is 0 Å². The predicted molar refractivity (Wildman–Crippen MR) is 125 cm³/mol. The molecular weight excluding hydrogens is 437 g/mol. The molecule has 1 atom stereocenters. The number of hydrogen-bond donors (Lipinski definition) is 1. The van der Waals surface area contributed by atoms with Crippen molar-refractivity contribution in [2.75, 3.05) is 13.1 Å². The Balaban J connectivity index is 1.73. The summed E-state index contributed by atoms with van der Waals surface area (Å²) in [5.74, 6) is 1.33. The summed E-state index contributed by atoms with van der Waals surface area (Å²) in [7, 11) is 0. The van der Waals surface area contributed by atoms with Crippen molar-refractivity contribution in [1.29, 1.82) is 0 Å². The van der Waals surface area contributed by atoms with Crippen LogP contribution in [0.2, 0.25) is 10.0 Å². The van der Waals surface area contributed by atoms with Crippen LogP contribution in [0.3, 0.4) is 0 Å². The van der Waals surface area contributed by atoms with Gasteiger partial charge in [-0.2, -0.15) is 0 Å². The number of nitrogens with zero attached hydrogens (tertiary/aromatic N) is 4. The third kappa shape index (κ3) is 3.11. The van der Waals surface area contributed by atoms with Crippen LogP contribution in [0.4, 0.5) is 0 Å². The second-order valence-corrected chi connectivity index (χ2v) is 9.32. The Kier molecular flexibility index (Phi) is 4.81. The number of halogens is 2. The first-order valence-electron chi connectivity index (χ1n) is 9.65. The quantitative estimate of drug-likeness (QED) is 0.596. The van der Waals surface area contributed by atoms with Gasteiger partial charge in [0.05, 0.1) is 10.7 Å². The molecule has 2 N–H and O–H groups in total. The SMILES string of the molecule is Cc1nc(C2(c3cccc(-c4cc(Cl)cc(Cl)c4)c3)N=C(N)N3CCCN=C32)cs1. The highest BCUT2D eigenvalue weighted by atomic mass is 35.5. The van der Waals surface area contributed by atoms with Crippen molar-refractivity contribution in [2.24, 2.45) is 15.7 Å². The summed E-state index contributed by atoms with van der Waals surface area (Å²) in [6.45, 7) is 3.56. The van der Waals surface area contributed by atoms with Crippen LogP contribution in [0, 0.1) is 6.92 Å². The fraction of sp³-hybridized carbons (Fsp3) is 0.227. The van der Waals surface area contributed by atoms with E-state index in [0.29, 0.717) is 16.0 Å². The number of nitrogens with two attached hydrogens (primary N) is 1. The summed E-state index contributed by atoms with van der Waals surface area (Å²) < 4.78 is 0. The smallest absolute Gasteiger partial charge is 0.198 e. The third-order valence-corrected chi connectivity index (χ3v) is 6.62. The van der Waals surface area contributed by atoms with Crippen LogP contribution in [0.15, 0.2) is 57.8 Å². The Morgan fingerprint density at radius 1 is 1.10 bits per heavy atom. The topological polar surface area (TPSA) is 66.9 Å². The first-order chi connectivity index (χ1) is 14.5. The molecule has 0 spiro atoms. The van der Waals surface area contributed by atoms with Gasteiger partial charge >= 0.3 is 0 Å². The van der Waals surface area contributed by atoms with Crippen LogP contribution in [-0.4, -0.2) is 34.8 Å². The molecule has 0 aliphatic carbocycles. The molecule has 2 aliphatic heterocycles. The third-order valence-electron chi connectivity index (χ3n) is 5.41. The van der Waals surface area contributed by atoms with Gasteiger partial charge in [-0.15, -0.1) is 11.3 Å². The predicted octanol–water partition coefficient (Wildman–Crippen LogP) is 5.10. The molecule has 0 saturated heterocycles. The molecule has 5 rings (SSSR count). The van der Waals surface area contributed by atoms with E-state index in [0.717, 1.165) is 52.7 Å². The molecule has 0 bridgehead atoms. The normalized spacial score (nSPS) is 20.7. The second kappa shape index (κ2) is 7.38.